The summed E-state index contributed by atoms with van der Waals surface area (Å²) in [5.74, 6) is 6.66. The van der Waals surface area contributed by atoms with Gasteiger partial charge in [-0.1, -0.05) is 76.1 Å². The highest BCUT2D eigenvalue weighted by molar-refractivity contribution is 5.90. The van der Waals surface area contributed by atoms with Crippen molar-refractivity contribution in [3.05, 3.63) is 78.4 Å². The van der Waals surface area contributed by atoms with Gasteiger partial charge in [0.05, 0.1) is 17.4 Å². The van der Waals surface area contributed by atoms with Crippen molar-refractivity contribution >= 4 is 23.9 Å². The molecule has 0 heterocycles. The Morgan fingerprint density at radius 1 is 0.769 bits per heavy atom. The molecule has 0 unspecified atom stereocenters. The van der Waals surface area contributed by atoms with Crippen LogP contribution in [-0.2, 0) is 28.6 Å². The van der Waals surface area contributed by atoms with E-state index < -0.39 is 30.3 Å². The Bertz CT molecular complexity index is 1540. The summed E-state index contributed by atoms with van der Waals surface area (Å²) in [6.45, 7) is 5.10. The largest absolute Gasteiger partial charge is 0.442 e. The number of hydrogen-bond acceptors (Lipinski definition) is 8. The van der Waals surface area contributed by atoms with Gasteiger partial charge in [0.2, 0.25) is 6.79 Å². The summed E-state index contributed by atoms with van der Waals surface area (Å²) in [6.07, 6.45) is 17.0. The van der Waals surface area contributed by atoms with Crippen molar-refractivity contribution in [2.24, 2.45) is 29.6 Å². The first kappa shape index (κ1) is 38.8. The molecule has 0 amide bonds. The Balaban J connectivity index is 1.13. The normalized spacial score (nSPS) is 25.8. The summed E-state index contributed by atoms with van der Waals surface area (Å²) in [7, 11) is 0. The van der Waals surface area contributed by atoms with Crippen molar-refractivity contribution in [2.75, 3.05) is 6.79 Å². The van der Waals surface area contributed by atoms with Crippen LogP contribution >= 0.6 is 0 Å². The molecule has 2 aromatic rings. The molecule has 278 valence electrons. The minimum absolute atomic E-state index is 0.339. The van der Waals surface area contributed by atoms with Crippen LogP contribution in [0.5, 0.6) is 5.75 Å². The Kier molecular flexibility index (Phi) is 14.5. The van der Waals surface area contributed by atoms with E-state index in [0.717, 1.165) is 49.2 Å². The van der Waals surface area contributed by atoms with Crippen LogP contribution in [0.2, 0.25) is 0 Å². The van der Waals surface area contributed by atoms with E-state index in [9.17, 15) is 19.2 Å². The van der Waals surface area contributed by atoms with Crippen molar-refractivity contribution < 1.29 is 38.1 Å². The number of ether oxygens (including phenoxy) is 4. The topological polar surface area (TPSA) is 105 Å². The number of carbonyl (C=O) groups excluding carboxylic acids is 4. The Morgan fingerprint density at radius 2 is 1.40 bits per heavy atom. The molecule has 8 nitrogen and oxygen atoms in total. The van der Waals surface area contributed by atoms with Gasteiger partial charge in [0, 0.05) is 11.6 Å². The monoisotopic (exact) mass is 710 g/mol. The summed E-state index contributed by atoms with van der Waals surface area (Å²) >= 11 is 0. The lowest BCUT2D eigenvalue weighted by molar-refractivity contribution is -0.169. The quantitative estimate of drug-likeness (QED) is 0.0506. The van der Waals surface area contributed by atoms with E-state index in [1.54, 1.807) is 24.3 Å². The second kappa shape index (κ2) is 19.5. The van der Waals surface area contributed by atoms with E-state index in [-0.39, 0.29) is 17.8 Å². The highest BCUT2D eigenvalue weighted by atomic mass is 16.7. The van der Waals surface area contributed by atoms with Crippen LogP contribution in [0.4, 0.5) is 0 Å². The molecule has 2 aromatic carbocycles. The van der Waals surface area contributed by atoms with Gasteiger partial charge in [0.25, 0.3) is 0 Å². The summed E-state index contributed by atoms with van der Waals surface area (Å²) < 4.78 is 21.7. The number of hydrogen-bond donors (Lipinski definition) is 0. The van der Waals surface area contributed by atoms with Crippen LogP contribution in [0, 0.1) is 41.4 Å². The molecule has 0 saturated heterocycles. The minimum atomic E-state index is -0.854. The lowest BCUT2D eigenvalue weighted by Crippen LogP contribution is -2.39. The van der Waals surface area contributed by atoms with Gasteiger partial charge in [-0.25, -0.2) is 9.59 Å². The van der Waals surface area contributed by atoms with E-state index in [1.807, 2.05) is 30.3 Å². The third kappa shape index (κ3) is 11.3. The van der Waals surface area contributed by atoms with Gasteiger partial charge >= 0.3 is 23.9 Å². The van der Waals surface area contributed by atoms with Crippen LogP contribution < -0.4 is 4.74 Å². The summed E-state index contributed by atoms with van der Waals surface area (Å²) in [6, 6.07) is 16.3. The molecule has 5 rings (SSSR count). The average Bonchev–Trinajstić information content (AvgIpc) is 3.18. The predicted molar refractivity (Wildman–Crippen MR) is 198 cm³/mol. The highest BCUT2D eigenvalue weighted by Crippen LogP contribution is 2.44. The van der Waals surface area contributed by atoms with Crippen LogP contribution in [0.3, 0.4) is 0 Å². The number of unbranched alkanes of at least 4 members (excludes halogenated alkanes) is 2. The maximum atomic E-state index is 13.6. The van der Waals surface area contributed by atoms with Crippen molar-refractivity contribution in [2.45, 2.75) is 115 Å². The molecule has 0 atom stereocenters. The zero-order valence-electron chi connectivity index (χ0n) is 30.7. The van der Waals surface area contributed by atoms with Gasteiger partial charge in [-0.3, -0.25) is 9.59 Å². The fraction of sp³-hybridized carbons (Fsp3) is 0.545. The predicted octanol–water partition coefficient (Wildman–Crippen LogP) is 9.15. The molecule has 3 saturated carbocycles. The molecule has 52 heavy (non-hydrogen) atoms. The van der Waals surface area contributed by atoms with Gasteiger partial charge < -0.3 is 18.9 Å². The number of rotatable bonds is 13. The molecule has 0 spiro atoms. The molecular formula is C44H54O8. The molecule has 0 aliphatic heterocycles. The molecular weight excluding hydrogens is 656 g/mol. The van der Waals surface area contributed by atoms with Crippen LogP contribution in [-0.4, -0.2) is 36.3 Å². The first-order valence-corrected chi connectivity index (χ1v) is 19.4. The maximum absolute atomic E-state index is 13.6. The molecule has 0 aromatic heterocycles. The average molecular weight is 711 g/mol. The number of benzene rings is 2. The number of carbonyl (C=O) groups is 4. The fourth-order valence-electron chi connectivity index (χ4n) is 8.15. The smallest absolute Gasteiger partial charge is 0.339 e. The Labute approximate surface area is 309 Å². The second-order valence-corrected chi connectivity index (χ2v) is 14.9. The lowest BCUT2D eigenvalue weighted by atomic mass is 9.67. The second-order valence-electron chi connectivity index (χ2n) is 14.9. The maximum Gasteiger partial charge on any atom is 0.339 e. The van der Waals surface area contributed by atoms with Crippen LogP contribution in [0.15, 0.2) is 67.3 Å². The standard InChI is InChI=1S/C44H54O8/c1-3-5-7-10-33-13-15-34(16-14-33)35-26-29-44(30-27-35,28-25-32-11-8-6-9-12-32)52-43(48)38-21-23-39(24-22-38)51-42(47)37-19-17-36(18-20-37)41(46)50-31-49-40(45)4-2/h4,6,8-9,11-12,21-24,33-37H,2-3,5,7,10,13-20,26-27,29-31H2,1H3. The first-order chi connectivity index (χ1) is 25.3. The first-order valence-electron chi connectivity index (χ1n) is 19.4. The molecule has 8 heteroatoms. The van der Waals surface area contributed by atoms with Gasteiger partial charge in [-0.15, -0.1) is 0 Å². The van der Waals surface area contributed by atoms with Crippen LogP contribution in [0.1, 0.15) is 126 Å². The molecule has 0 bridgehead atoms. The fourth-order valence-corrected chi connectivity index (χ4v) is 8.15. The Morgan fingerprint density at radius 3 is 2.04 bits per heavy atom. The highest BCUT2D eigenvalue weighted by Gasteiger charge is 2.40. The zero-order valence-corrected chi connectivity index (χ0v) is 30.7. The third-order valence-electron chi connectivity index (χ3n) is 11.4. The van der Waals surface area contributed by atoms with E-state index in [4.69, 9.17) is 18.9 Å². The van der Waals surface area contributed by atoms with Crippen molar-refractivity contribution in [1.82, 2.24) is 0 Å². The van der Waals surface area contributed by atoms with E-state index in [1.165, 1.54) is 51.4 Å². The molecule has 3 fully saturated rings. The molecule has 3 aliphatic rings. The molecule has 0 N–H and O–H groups in total. The summed E-state index contributed by atoms with van der Waals surface area (Å²) in [5.41, 5.74) is 0.419. The van der Waals surface area contributed by atoms with Crippen molar-refractivity contribution in [3.63, 3.8) is 0 Å². The minimum Gasteiger partial charge on any atom is -0.442 e. The van der Waals surface area contributed by atoms with Gasteiger partial charge in [-0.05, 0) is 124 Å². The third-order valence-corrected chi connectivity index (χ3v) is 11.4. The number of esters is 4. The zero-order chi connectivity index (χ0) is 36.8. The van der Waals surface area contributed by atoms with Crippen molar-refractivity contribution in [3.8, 4) is 17.6 Å². The Hall–Kier alpha value is -4.38. The summed E-state index contributed by atoms with van der Waals surface area (Å²) in [4.78, 5) is 49.9. The van der Waals surface area contributed by atoms with Gasteiger partial charge in [0.1, 0.15) is 5.75 Å². The van der Waals surface area contributed by atoms with Gasteiger partial charge in [-0.2, -0.15) is 0 Å². The van der Waals surface area contributed by atoms with Crippen molar-refractivity contribution in [1.29, 1.82) is 0 Å². The summed E-state index contributed by atoms with van der Waals surface area (Å²) in [5, 5.41) is 0. The lowest BCUT2D eigenvalue weighted by Gasteiger charge is -2.41. The van der Waals surface area contributed by atoms with Gasteiger partial charge in [0.15, 0.2) is 5.60 Å². The van der Waals surface area contributed by atoms with E-state index in [2.05, 4.69) is 25.3 Å². The SMILES string of the molecule is C=CC(=O)OCOC(=O)C1CCC(C(=O)Oc2ccc(C(=O)OC3(C#Cc4ccccc4)CCC(C4CCC(CCCCC)CC4)CC3)cc2)CC1. The van der Waals surface area contributed by atoms with E-state index in [0.29, 0.717) is 42.9 Å². The van der Waals surface area contributed by atoms with Crippen LogP contribution in [0.25, 0.3) is 0 Å². The molecule has 0 radical (unpaired) electrons. The molecule has 3 aliphatic carbocycles. The van der Waals surface area contributed by atoms with E-state index >= 15 is 0 Å².